The molecule has 0 aliphatic heterocycles. The third-order valence-corrected chi connectivity index (χ3v) is 8.82. The Morgan fingerprint density at radius 3 is 1.36 bits per heavy atom. The van der Waals surface area contributed by atoms with E-state index in [1.807, 2.05) is 20.8 Å². The minimum absolute atomic E-state index is 0.0658. The van der Waals surface area contributed by atoms with Crippen molar-refractivity contribution in [3.8, 4) is 0 Å². The van der Waals surface area contributed by atoms with Gasteiger partial charge in [-0.1, -0.05) is 65.2 Å². The molecule has 0 aliphatic carbocycles. The minimum Gasteiger partial charge on any atom is -0.376 e. The van der Waals surface area contributed by atoms with E-state index >= 15 is 0 Å². The SMILES string of the molecule is CCCCCCC(OC)C([SiH3])(OC)OC.CCCCCCC(OCC)C([SiH3])(OCC)OCC. The standard InChI is InChI=1S/C14H32O3Si.C11H26O3Si/c1-5-9-10-11-12-13(15-6-2)14(18,16-7-3)17-8-4;1-5-6-7-8-9-10(12-2)11(15,13-3)14-4/h13H,5-12H2,1-4,18H3;10H,5-9H2,1-4,15H3. The fourth-order valence-electron chi connectivity index (χ4n) is 3.95. The summed E-state index contributed by atoms with van der Waals surface area (Å²) in [6, 6.07) is 0. The van der Waals surface area contributed by atoms with E-state index in [0.717, 1.165) is 39.9 Å². The topological polar surface area (TPSA) is 55.4 Å². The van der Waals surface area contributed by atoms with Crippen LogP contribution in [0.1, 0.15) is 98.8 Å². The number of hydrogen-bond acceptors (Lipinski definition) is 6. The van der Waals surface area contributed by atoms with Gasteiger partial charge in [0, 0.05) is 41.2 Å². The molecular formula is C25H58O6Si2. The van der Waals surface area contributed by atoms with Gasteiger partial charge < -0.3 is 28.4 Å². The molecule has 0 rings (SSSR count). The van der Waals surface area contributed by atoms with Crippen molar-refractivity contribution < 1.29 is 28.4 Å². The smallest absolute Gasteiger partial charge is 0.166 e. The predicted molar refractivity (Wildman–Crippen MR) is 146 cm³/mol. The Labute approximate surface area is 212 Å². The van der Waals surface area contributed by atoms with Gasteiger partial charge in [-0.15, -0.1) is 0 Å². The number of unbranched alkanes of at least 4 members (excludes halogenated alkanes) is 6. The first-order valence-electron chi connectivity index (χ1n) is 13.3. The van der Waals surface area contributed by atoms with E-state index < -0.39 is 10.8 Å². The molecule has 0 amide bonds. The highest BCUT2D eigenvalue weighted by atomic mass is 28.2. The van der Waals surface area contributed by atoms with Gasteiger partial charge in [0.1, 0.15) is 12.2 Å². The van der Waals surface area contributed by atoms with Crippen LogP contribution in [0.15, 0.2) is 0 Å². The second kappa shape index (κ2) is 22.6. The molecule has 0 N–H and O–H groups in total. The second-order valence-electron chi connectivity index (χ2n) is 8.67. The van der Waals surface area contributed by atoms with E-state index in [2.05, 4.69) is 13.8 Å². The van der Waals surface area contributed by atoms with Gasteiger partial charge in [0.25, 0.3) is 0 Å². The van der Waals surface area contributed by atoms with Crippen LogP contribution in [-0.4, -0.2) is 84.7 Å². The lowest BCUT2D eigenvalue weighted by Crippen LogP contribution is -2.49. The van der Waals surface area contributed by atoms with E-state index in [9.17, 15) is 0 Å². The lowest BCUT2D eigenvalue weighted by atomic mass is 10.1. The highest BCUT2D eigenvalue weighted by Gasteiger charge is 2.35. The first kappa shape index (κ1) is 35.4. The number of hydrogen-bond donors (Lipinski definition) is 0. The van der Waals surface area contributed by atoms with Gasteiger partial charge in [0.2, 0.25) is 0 Å². The summed E-state index contributed by atoms with van der Waals surface area (Å²) in [5.74, 6) is 0. The number of rotatable bonds is 21. The summed E-state index contributed by atoms with van der Waals surface area (Å²) in [4.78, 5) is 0. The maximum absolute atomic E-state index is 5.88. The summed E-state index contributed by atoms with van der Waals surface area (Å²) in [5, 5.41) is 0. The van der Waals surface area contributed by atoms with E-state index in [1.54, 1.807) is 21.3 Å². The second-order valence-corrected chi connectivity index (χ2v) is 11.5. The highest BCUT2D eigenvalue weighted by Crippen LogP contribution is 2.23. The molecule has 0 heterocycles. The van der Waals surface area contributed by atoms with Gasteiger partial charge in [0.05, 0.1) is 20.5 Å². The molecule has 0 aliphatic rings. The molecule has 33 heavy (non-hydrogen) atoms. The summed E-state index contributed by atoms with van der Waals surface area (Å²) in [6.07, 6.45) is 12.3. The van der Waals surface area contributed by atoms with Gasteiger partial charge in [-0.25, -0.2) is 0 Å². The maximum Gasteiger partial charge on any atom is 0.166 e. The van der Waals surface area contributed by atoms with Crippen molar-refractivity contribution in [2.75, 3.05) is 41.2 Å². The predicted octanol–water partition coefficient (Wildman–Crippen LogP) is 3.74. The quantitative estimate of drug-likeness (QED) is 0.133. The largest absolute Gasteiger partial charge is 0.376 e. The van der Waals surface area contributed by atoms with Crippen LogP contribution in [0.3, 0.4) is 0 Å². The first-order chi connectivity index (χ1) is 15.8. The molecule has 0 aromatic heterocycles. The normalized spacial score (nSPS) is 14.2. The minimum atomic E-state index is -0.485. The van der Waals surface area contributed by atoms with Gasteiger partial charge in [0.15, 0.2) is 10.8 Å². The third kappa shape index (κ3) is 15.7. The van der Waals surface area contributed by atoms with Gasteiger partial charge in [-0.05, 0) is 33.6 Å². The lowest BCUT2D eigenvalue weighted by Gasteiger charge is -2.37. The Morgan fingerprint density at radius 2 is 1.03 bits per heavy atom. The fourth-order valence-corrected chi connectivity index (χ4v) is 5.51. The maximum atomic E-state index is 5.88. The molecule has 0 aromatic rings. The van der Waals surface area contributed by atoms with E-state index in [4.69, 9.17) is 28.4 Å². The molecule has 0 bridgehead atoms. The number of ether oxygens (including phenoxy) is 6. The van der Waals surface area contributed by atoms with Crippen LogP contribution >= 0.6 is 0 Å². The van der Waals surface area contributed by atoms with Crippen LogP contribution in [0.25, 0.3) is 0 Å². The van der Waals surface area contributed by atoms with E-state index in [0.29, 0.717) is 13.2 Å². The summed E-state index contributed by atoms with van der Waals surface area (Å²) in [6.45, 7) is 12.6. The Balaban J connectivity index is 0. The molecule has 202 valence electrons. The molecule has 0 saturated carbocycles. The Kier molecular flexibility index (Phi) is 24.3. The first-order valence-corrected chi connectivity index (χ1v) is 15.3. The molecule has 0 fully saturated rings. The van der Waals surface area contributed by atoms with Crippen molar-refractivity contribution in [1.82, 2.24) is 0 Å². The van der Waals surface area contributed by atoms with Crippen molar-refractivity contribution in [2.24, 2.45) is 0 Å². The molecule has 2 atom stereocenters. The van der Waals surface area contributed by atoms with Gasteiger partial charge in [-0.2, -0.15) is 0 Å². The Morgan fingerprint density at radius 1 is 0.576 bits per heavy atom. The van der Waals surface area contributed by atoms with Crippen molar-refractivity contribution in [3.05, 3.63) is 0 Å². The zero-order valence-corrected chi connectivity index (χ0v) is 27.8. The van der Waals surface area contributed by atoms with Crippen molar-refractivity contribution in [2.45, 2.75) is 122 Å². The lowest BCUT2D eigenvalue weighted by molar-refractivity contribution is -0.237. The monoisotopic (exact) mass is 510 g/mol. The summed E-state index contributed by atoms with van der Waals surface area (Å²) >= 11 is 0. The molecule has 0 spiro atoms. The van der Waals surface area contributed by atoms with Crippen LogP contribution in [0.5, 0.6) is 0 Å². The summed E-state index contributed by atoms with van der Waals surface area (Å²) < 4.78 is 33.9. The summed E-state index contributed by atoms with van der Waals surface area (Å²) in [7, 11) is 6.76. The Hall–Kier alpha value is 0.194. The Bertz CT molecular complexity index is 404. The average molecular weight is 511 g/mol. The molecule has 0 radical (unpaired) electrons. The molecular weight excluding hydrogens is 452 g/mol. The summed E-state index contributed by atoms with van der Waals surface area (Å²) in [5.41, 5.74) is -0.952. The zero-order valence-electron chi connectivity index (χ0n) is 23.8. The van der Waals surface area contributed by atoms with Crippen molar-refractivity contribution in [3.63, 3.8) is 0 Å². The molecule has 2 unspecified atom stereocenters. The molecule has 0 aromatic carbocycles. The highest BCUT2D eigenvalue weighted by molar-refractivity contribution is 6.14. The van der Waals surface area contributed by atoms with E-state index in [-0.39, 0.29) is 12.2 Å². The van der Waals surface area contributed by atoms with Crippen LogP contribution in [0, 0.1) is 0 Å². The van der Waals surface area contributed by atoms with Crippen molar-refractivity contribution >= 4 is 20.5 Å². The fraction of sp³-hybridized carbons (Fsp3) is 1.00. The van der Waals surface area contributed by atoms with E-state index in [1.165, 1.54) is 51.4 Å². The third-order valence-electron chi connectivity index (χ3n) is 6.13. The van der Waals surface area contributed by atoms with Crippen LogP contribution in [0.4, 0.5) is 0 Å². The molecule has 8 heteroatoms. The van der Waals surface area contributed by atoms with Crippen LogP contribution in [0.2, 0.25) is 0 Å². The van der Waals surface area contributed by atoms with Gasteiger partial charge in [-0.3, -0.25) is 0 Å². The average Bonchev–Trinajstić information content (AvgIpc) is 2.81. The molecule has 0 saturated heterocycles. The molecule has 6 nitrogen and oxygen atoms in total. The zero-order chi connectivity index (χ0) is 25.6. The van der Waals surface area contributed by atoms with Crippen molar-refractivity contribution in [1.29, 1.82) is 0 Å². The van der Waals surface area contributed by atoms with Crippen LogP contribution < -0.4 is 0 Å². The van der Waals surface area contributed by atoms with Crippen LogP contribution in [-0.2, 0) is 28.4 Å². The number of methoxy groups -OCH3 is 3. The van der Waals surface area contributed by atoms with Gasteiger partial charge >= 0.3 is 0 Å².